The summed E-state index contributed by atoms with van der Waals surface area (Å²) < 4.78 is 13.1. The van der Waals surface area contributed by atoms with Crippen LogP contribution in [-0.2, 0) is 6.42 Å². The largest absolute Gasteiger partial charge is 0.382 e. The Labute approximate surface area is 118 Å². The van der Waals surface area contributed by atoms with Crippen molar-refractivity contribution in [3.8, 4) is 0 Å². The second-order valence-electron chi connectivity index (χ2n) is 4.61. The molecule has 0 spiro atoms. The third-order valence-corrected chi connectivity index (χ3v) is 3.68. The molecule has 0 heterocycles. The Morgan fingerprint density at radius 2 is 1.89 bits per heavy atom. The first-order valence-electron chi connectivity index (χ1n) is 6.32. The molecule has 0 aromatic heterocycles. The van der Waals surface area contributed by atoms with E-state index < -0.39 is 0 Å². The van der Waals surface area contributed by atoms with Crippen molar-refractivity contribution in [2.75, 3.05) is 11.6 Å². The Balaban J connectivity index is 1.95. The summed E-state index contributed by atoms with van der Waals surface area (Å²) in [6.45, 7) is 2.10. The molecule has 0 amide bonds. The highest BCUT2D eigenvalue weighted by Crippen LogP contribution is 2.18. The van der Waals surface area contributed by atoms with Gasteiger partial charge in [-0.3, -0.25) is 0 Å². The van der Waals surface area contributed by atoms with Crippen molar-refractivity contribution >= 4 is 17.4 Å². The van der Waals surface area contributed by atoms with Gasteiger partial charge in [-0.2, -0.15) is 0 Å². The standard InChI is InChI=1S/C16H18FNS/c1-12(10-13-4-3-5-14(17)11-13)18-15-6-8-16(19-2)9-7-15/h3-9,11-12,18H,10H2,1-2H3. The van der Waals surface area contributed by atoms with Gasteiger partial charge in [0.15, 0.2) is 0 Å². The molecule has 19 heavy (non-hydrogen) atoms. The van der Waals surface area contributed by atoms with Gasteiger partial charge < -0.3 is 5.32 Å². The Hall–Kier alpha value is -1.48. The van der Waals surface area contributed by atoms with Crippen LogP contribution in [0.15, 0.2) is 53.4 Å². The van der Waals surface area contributed by atoms with Crippen molar-refractivity contribution in [2.45, 2.75) is 24.3 Å². The fourth-order valence-electron chi connectivity index (χ4n) is 2.04. The van der Waals surface area contributed by atoms with Crippen molar-refractivity contribution in [3.05, 3.63) is 59.9 Å². The molecular weight excluding hydrogens is 257 g/mol. The molecule has 1 atom stereocenters. The number of nitrogens with one attached hydrogen (secondary N) is 1. The van der Waals surface area contributed by atoms with Crippen LogP contribution in [0.25, 0.3) is 0 Å². The summed E-state index contributed by atoms with van der Waals surface area (Å²) in [5.74, 6) is -0.172. The molecule has 0 aliphatic heterocycles. The maximum Gasteiger partial charge on any atom is 0.123 e. The summed E-state index contributed by atoms with van der Waals surface area (Å²) in [6.07, 6.45) is 2.87. The molecule has 0 aliphatic carbocycles. The van der Waals surface area contributed by atoms with Gasteiger partial charge in [0.1, 0.15) is 5.82 Å². The van der Waals surface area contributed by atoms with E-state index in [0.29, 0.717) is 0 Å². The molecule has 0 aliphatic rings. The third kappa shape index (κ3) is 4.28. The van der Waals surface area contributed by atoms with E-state index in [0.717, 1.165) is 17.7 Å². The van der Waals surface area contributed by atoms with Crippen LogP contribution in [0.5, 0.6) is 0 Å². The Kier molecular flexibility index (Phi) is 4.86. The molecule has 0 radical (unpaired) electrons. The molecular formula is C16H18FNS. The van der Waals surface area contributed by atoms with Crippen molar-refractivity contribution in [2.24, 2.45) is 0 Å². The topological polar surface area (TPSA) is 12.0 Å². The van der Waals surface area contributed by atoms with E-state index in [-0.39, 0.29) is 11.9 Å². The molecule has 2 aromatic carbocycles. The van der Waals surface area contributed by atoms with Crippen LogP contribution in [0.3, 0.4) is 0 Å². The third-order valence-electron chi connectivity index (χ3n) is 2.93. The van der Waals surface area contributed by atoms with Crippen molar-refractivity contribution in [1.29, 1.82) is 0 Å². The number of hydrogen-bond donors (Lipinski definition) is 1. The molecule has 3 heteroatoms. The predicted molar refractivity (Wildman–Crippen MR) is 81.4 cm³/mol. The van der Waals surface area contributed by atoms with Crippen molar-refractivity contribution in [1.82, 2.24) is 0 Å². The number of rotatable bonds is 5. The average molecular weight is 275 g/mol. The maximum atomic E-state index is 13.1. The molecule has 0 saturated carbocycles. The highest BCUT2D eigenvalue weighted by molar-refractivity contribution is 7.98. The van der Waals surface area contributed by atoms with Gasteiger partial charge >= 0.3 is 0 Å². The molecule has 0 saturated heterocycles. The van der Waals surface area contributed by atoms with Gasteiger partial charge in [0, 0.05) is 16.6 Å². The highest BCUT2D eigenvalue weighted by Gasteiger charge is 2.04. The average Bonchev–Trinajstić information content (AvgIpc) is 2.39. The lowest BCUT2D eigenvalue weighted by molar-refractivity contribution is 0.624. The monoisotopic (exact) mass is 275 g/mol. The van der Waals surface area contributed by atoms with E-state index in [1.54, 1.807) is 23.9 Å². The van der Waals surface area contributed by atoms with E-state index >= 15 is 0 Å². The Bertz CT molecular complexity index is 525. The summed E-state index contributed by atoms with van der Waals surface area (Å²) in [6, 6.07) is 15.4. The number of anilines is 1. The van der Waals surface area contributed by atoms with Crippen LogP contribution in [0.4, 0.5) is 10.1 Å². The first kappa shape index (κ1) is 13.9. The molecule has 0 bridgehead atoms. The van der Waals surface area contributed by atoms with Gasteiger partial charge in [-0.1, -0.05) is 12.1 Å². The van der Waals surface area contributed by atoms with E-state index in [1.165, 1.54) is 11.0 Å². The van der Waals surface area contributed by atoms with E-state index in [9.17, 15) is 4.39 Å². The predicted octanol–water partition coefficient (Wildman–Crippen LogP) is 4.59. The number of halogens is 1. The van der Waals surface area contributed by atoms with Crippen LogP contribution >= 0.6 is 11.8 Å². The summed E-state index contributed by atoms with van der Waals surface area (Å²) >= 11 is 1.73. The van der Waals surface area contributed by atoms with Gasteiger partial charge in [0.05, 0.1) is 0 Å². The number of thioether (sulfide) groups is 1. The fourth-order valence-corrected chi connectivity index (χ4v) is 2.45. The zero-order valence-electron chi connectivity index (χ0n) is 11.2. The van der Waals surface area contributed by atoms with Crippen molar-refractivity contribution < 1.29 is 4.39 Å². The van der Waals surface area contributed by atoms with Gasteiger partial charge in [-0.15, -0.1) is 11.8 Å². The minimum atomic E-state index is -0.172. The Morgan fingerprint density at radius 1 is 1.16 bits per heavy atom. The minimum Gasteiger partial charge on any atom is -0.382 e. The molecule has 1 nitrogen and oxygen atoms in total. The summed E-state index contributed by atoms with van der Waals surface area (Å²) in [5, 5.41) is 3.43. The van der Waals surface area contributed by atoms with Crippen LogP contribution in [0.2, 0.25) is 0 Å². The minimum absolute atomic E-state index is 0.172. The lowest BCUT2D eigenvalue weighted by Gasteiger charge is -2.15. The van der Waals surface area contributed by atoms with Crippen LogP contribution < -0.4 is 5.32 Å². The quantitative estimate of drug-likeness (QED) is 0.801. The molecule has 100 valence electrons. The smallest absolute Gasteiger partial charge is 0.123 e. The summed E-state index contributed by atoms with van der Waals surface area (Å²) in [4.78, 5) is 1.25. The zero-order chi connectivity index (χ0) is 13.7. The lowest BCUT2D eigenvalue weighted by Crippen LogP contribution is -2.18. The lowest BCUT2D eigenvalue weighted by atomic mass is 10.1. The van der Waals surface area contributed by atoms with Gasteiger partial charge in [-0.25, -0.2) is 4.39 Å². The zero-order valence-corrected chi connectivity index (χ0v) is 12.0. The van der Waals surface area contributed by atoms with Crippen LogP contribution in [-0.4, -0.2) is 12.3 Å². The van der Waals surface area contributed by atoms with Crippen LogP contribution in [0.1, 0.15) is 12.5 Å². The van der Waals surface area contributed by atoms with E-state index in [2.05, 4.69) is 42.8 Å². The molecule has 2 aromatic rings. The fraction of sp³-hybridized carbons (Fsp3) is 0.250. The second kappa shape index (κ2) is 6.62. The Morgan fingerprint density at radius 3 is 2.53 bits per heavy atom. The van der Waals surface area contributed by atoms with Gasteiger partial charge in [0.2, 0.25) is 0 Å². The molecule has 2 rings (SSSR count). The normalized spacial score (nSPS) is 12.2. The molecule has 1 N–H and O–H groups in total. The number of hydrogen-bond acceptors (Lipinski definition) is 2. The molecule has 1 unspecified atom stereocenters. The second-order valence-corrected chi connectivity index (χ2v) is 5.49. The first-order chi connectivity index (χ1) is 9.17. The summed E-state index contributed by atoms with van der Waals surface area (Å²) in [5.41, 5.74) is 2.11. The molecule has 0 fully saturated rings. The van der Waals surface area contributed by atoms with E-state index in [4.69, 9.17) is 0 Å². The summed E-state index contributed by atoms with van der Waals surface area (Å²) in [7, 11) is 0. The SMILES string of the molecule is CSc1ccc(NC(C)Cc2cccc(F)c2)cc1. The van der Waals surface area contributed by atoms with Gasteiger partial charge in [0.25, 0.3) is 0 Å². The highest BCUT2D eigenvalue weighted by atomic mass is 32.2. The first-order valence-corrected chi connectivity index (χ1v) is 7.55. The van der Waals surface area contributed by atoms with E-state index in [1.807, 2.05) is 6.07 Å². The van der Waals surface area contributed by atoms with Crippen molar-refractivity contribution in [3.63, 3.8) is 0 Å². The van der Waals surface area contributed by atoms with Gasteiger partial charge in [-0.05, 0) is 61.6 Å². The maximum absolute atomic E-state index is 13.1. The number of benzene rings is 2. The van der Waals surface area contributed by atoms with Crippen LogP contribution in [0, 0.1) is 5.82 Å².